The molecule has 1 N–H and O–H groups in total. The van der Waals surface area contributed by atoms with Crippen molar-refractivity contribution in [2.75, 3.05) is 5.75 Å². The lowest BCUT2D eigenvalue weighted by molar-refractivity contribution is -0.119. The predicted molar refractivity (Wildman–Crippen MR) is 108 cm³/mol. The average molecular weight is 388 g/mol. The molecule has 0 aliphatic heterocycles. The molecule has 0 unspecified atom stereocenters. The monoisotopic (exact) mass is 387 g/mol. The molecule has 2 aromatic heterocycles. The van der Waals surface area contributed by atoms with Crippen molar-refractivity contribution in [3.63, 3.8) is 0 Å². The fraction of sp³-hybridized carbons (Fsp3) is 0.316. The minimum absolute atomic E-state index is 0.0278. The van der Waals surface area contributed by atoms with Crippen LogP contribution in [0, 0.1) is 0 Å². The van der Waals surface area contributed by atoms with Crippen LogP contribution in [0.5, 0.6) is 0 Å². The van der Waals surface area contributed by atoms with Crippen LogP contribution in [0.4, 0.5) is 0 Å². The summed E-state index contributed by atoms with van der Waals surface area (Å²) >= 11 is 2.91. The second-order valence-electron chi connectivity index (χ2n) is 6.27. The highest BCUT2D eigenvalue weighted by Crippen LogP contribution is 2.22. The van der Waals surface area contributed by atoms with E-state index in [0.29, 0.717) is 16.1 Å². The Morgan fingerprint density at radius 1 is 1.23 bits per heavy atom. The summed E-state index contributed by atoms with van der Waals surface area (Å²) in [5.41, 5.74) is 0.588. The zero-order valence-electron chi connectivity index (χ0n) is 14.9. The number of nitrogens with one attached hydrogen (secondary N) is 1. The number of aromatic nitrogens is 2. The van der Waals surface area contributed by atoms with Crippen LogP contribution < -0.4 is 10.9 Å². The van der Waals surface area contributed by atoms with Gasteiger partial charge in [-0.05, 0) is 44.4 Å². The molecule has 1 atom stereocenters. The fourth-order valence-corrected chi connectivity index (χ4v) is 4.38. The van der Waals surface area contributed by atoms with Crippen molar-refractivity contribution in [1.29, 1.82) is 0 Å². The van der Waals surface area contributed by atoms with Crippen LogP contribution in [-0.2, 0) is 4.79 Å². The van der Waals surface area contributed by atoms with Crippen LogP contribution in [0.2, 0.25) is 0 Å². The first-order valence-electron chi connectivity index (χ1n) is 8.44. The molecule has 0 saturated carbocycles. The highest BCUT2D eigenvalue weighted by molar-refractivity contribution is 7.99. The van der Waals surface area contributed by atoms with Gasteiger partial charge >= 0.3 is 0 Å². The smallest absolute Gasteiger partial charge is 0.262 e. The number of carbonyl (C=O) groups is 1. The van der Waals surface area contributed by atoms with Crippen LogP contribution >= 0.6 is 23.1 Å². The Kier molecular flexibility index (Phi) is 5.78. The van der Waals surface area contributed by atoms with E-state index < -0.39 is 0 Å². The number of para-hydroxylation sites is 1. The lowest BCUT2D eigenvalue weighted by Crippen LogP contribution is -2.29. The molecule has 0 radical (unpaired) electrons. The van der Waals surface area contributed by atoms with E-state index >= 15 is 0 Å². The van der Waals surface area contributed by atoms with Crippen LogP contribution in [0.1, 0.15) is 37.7 Å². The Bertz CT molecular complexity index is 965. The molecule has 0 fully saturated rings. The summed E-state index contributed by atoms with van der Waals surface area (Å²) in [5.74, 6) is 0.140. The van der Waals surface area contributed by atoms with Gasteiger partial charge in [-0.15, -0.1) is 11.3 Å². The summed E-state index contributed by atoms with van der Waals surface area (Å²) in [6.07, 6.45) is 0. The normalized spacial score (nSPS) is 12.5. The quantitative estimate of drug-likeness (QED) is 0.513. The number of thiophene rings is 1. The van der Waals surface area contributed by atoms with Crippen molar-refractivity contribution in [2.24, 2.45) is 0 Å². The van der Waals surface area contributed by atoms with Gasteiger partial charge in [0, 0.05) is 10.9 Å². The van der Waals surface area contributed by atoms with E-state index in [1.165, 1.54) is 11.8 Å². The summed E-state index contributed by atoms with van der Waals surface area (Å²) in [5, 5.41) is 6.15. The first-order valence-corrected chi connectivity index (χ1v) is 10.3. The molecular weight excluding hydrogens is 366 g/mol. The van der Waals surface area contributed by atoms with Crippen LogP contribution in [0.25, 0.3) is 10.9 Å². The molecule has 3 aromatic rings. The first kappa shape index (κ1) is 18.7. The van der Waals surface area contributed by atoms with E-state index in [2.05, 4.69) is 10.3 Å². The second kappa shape index (κ2) is 8.05. The third-order valence-electron chi connectivity index (χ3n) is 3.97. The molecule has 136 valence electrons. The van der Waals surface area contributed by atoms with E-state index in [-0.39, 0.29) is 29.3 Å². The predicted octanol–water partition coefficient (Wildman–Crippen LogP) is 4.01. The maximum Gasteiger partial charge on any atom is 0.262 e. The van der Waals surface area contributed by atoms with Gasteiger partial charge in [-0.1, -0.05) is 30.0 Å². The number of thioether (sulfide) groups is 1. The van der Waals surface area contributed by atoms with Gasteiger partial charge in [0.25, 0.3) is 5.56 Å². The molecule has 26 heavy (non-hydrogen) atoms. The number of rotatable bonds is 6. The van der Waals surface area contributed by atoms with Crippen molar-refractivity contribution in [3.05, 3.63) is 57.0 Å². The minimum atomic E-state index is -0.0754. The van der Waals surface area contributed by atoms with E-state index in [1.807, 2.05) is 56.5 Å². The van der Waals surface area contributed by atoms with Gasteiger partial charge < -0.3 is 5.32 Å². The number of benzene rings is 1. The maximum absolute atomic E-state index is 12.8. The molecule has 2 heterocycles. The molecular formula is C19H21N3O2S2. The lowest BCUT2D eigenvalue weighted by atomic mass is 10.2. The molecule has 0 aliphatic rings. The summed E-state index contributed by atoms with van der Waals surface area (Å²) in [7, 11) is 0. The Morgan fingerprint density at radius 2 is 2.00 bits per heavy atom. The largest absolute Gasteiger partial charge is 0.348 e. The third-order valence-corrected chi connectivity index (χ3v) is 5.98. The van der Waals surface area contributed by atoms with Crippen molar-refractivity contribution in [2.45, 2.75) is 38.0 Å². The van der Waals surface area contributed by atoms with E-state index in [0.717, 1.165) is 4.88 Å². The Balaban J connectivity index is 1.79. The van der Waals surface area contributed by atoms with Crippen molar-refractivity contribution in [3.8, 4) is 0 Å². The number of fused-ring (bicyclic) bond motifs is 1. The van der Waals surface area contributed by atoms with E-state index in [1.54, 1.807) is 22.0 Å². The van der Waals surface area contributed by atoms with Crippen LogP contribution in [-0.4, -0.2) is 21.2 Å². The zero-order chi connectivity index (χ0) is 18.7. The van der Waals surface area contributed by atoms with E-state index in [4.69, 9.17) is 0 Å². The Labute approximate surface area is 160 Å². The minimum Gasteiger partial charge on any atom is -0.348 e. The fourth-order valence-electron chi connectivity index (χ4n) is 2.70. The van der Waals surface area contributed by atoms with Crippen molar-refractivity contribution >= 4 is 39.9 Å². The standard InChI is InChI=1S/C19H21N3O2S2/c1-12(2)22-18(24)14-7-4-5-8-15(14)21-19(22)26-11-17(23)20-13(3)16-9-6-10-25-16/h4-10,12-13H,11H2,1-3H3,(H,20,23)/t13-/m1/s1. The number of nitrogens with zero attached hydrogens (tertiary/aromatic N) is 2. The molecule has 0 aliphatic carbocycles. The first-order chi connectivity index (χ1) is 12.5. The van der Waals surface area contributed by atoms with E-state index in [9.17, 15) is 9.59 Å². The molecule has 0 saturated heterocycles. The van der Waals surface area contributed by atoms with Crippen LogP contribution in [0.3, 0.4) is 0 Å². The van der Waals surface area contributed by atoms with Gasteiger partial charge in [0.2, 0.25) is 5.91 Å². The maximum atomic E-state index is 12.8. The molecule has 0 spiro atoms. The SMILES string of the molecule is CC(C)n1c(SCC(=O)N[C@H](C)c2cccs2)nc2ccccc2c1=O. The van der Waals surface area contributed by atoms with Gasteiger partial charge in [0.05, 0.1) is 22.7 Å². The summed E-state index contributed by atoms with van der Waals surface area (Å²) < 4.78 is 1.66. The number of hydrogen-bond donors (Lipinski definition) is 1. The van der Waals surface area contributed by atoms with Gasteiger partial charge in [0.1, 0.15) is 0 Å². The molecule has 0 bridgehead atoms. The second-order valence-corrected chi connectivity index (χ2v) is 8.20. The average Bonchev–Trinajstić information content (AvgIpc) is 3.14. The number of hydrogen-bond acceptors (Lipinski definition) is 5. The number of carbonyl (C=O) groups excluding carboxylic acids is 1. The van der Waals surface area contributed by atoms with Crippen LogP contribution in [0.15, 0.2) is 51.7 Å². The van der Waals surface area contributed by atoms with Gasteiger partial charge in [-0.2, -0.15) is 0 Å². The molecule has 7 heteroatoms. The number of amides is 1. The third kappa shape index (κ3) is 3.99. The molecule has 3 rings (SSSR count). The summed E-state index contributed by atoms with van der Waals surface area (Å²) in [6.45, 7) is 5.86. The topological polar surface area (TPSA) is 64.0 Å². The van der Waals surface area contributed by atoms with Gasteiger partial charge in [-0.3, -0.25) is 14.2 Å². The summed E-state index contributed by atoms with van der Waals surface area (Å²) in [6, 6.07) is 11.2. The van der Waals surface area contributed by atoms with Crippen molar-refractivity contribution in [1.82, 2.24) is 14.9 Å². The zero-order valence-corrected chi connectivity index (χ0v) is 16.6. The van der Waals surface area contributed by atoms with Gasteiger partial charge in [0.15, 0.2) is 5.16 Å². The highest BCUT2D eigenvalue weighted by Gasteiger charge is 2.16. The van der Waals surface area contributed by atoms with Gasteiger partial charge in [-0.25, -0.2) is 4.98 Å². The Morgan fingerprint density at radius 3 is 2.69 bits per heavy atom. The molecule has 5 nitrogen and oxygen atoms in total. The Hall–Kier alpha value is -2.12. The molecule has 1 amide bonds. The lowest BCUT2D eigenvalue weighted by Gasteiger charge is -2.16. The van der Waals surface area contributed by atoms with Crippen molar-refractivity contribution < 1.29 is 4.79 Å². The molecule has 1 aromatic carbocycles. The highest BCUT2D eigenvalue weighted by atomic mass is 32.2. The summed E-state index contributed by atoms with van der Waals surface area (Å²) in [4.78, 5) is 30.8.